The molecule has 1 rings (SSSR count). The molecule has 1 aromatic rings. The van der Waals surface area contributed by atoms with Gasteiger partial charge in [-0.2, -0.15) is 0 Å². The minimum absolute atomic E-state index is 0.960. The van der Waals surface area contributed by atoms with E-state index in [0.717, 1.165) is 24.9 Å². The first kappa shape index (κ1) is 10.0. The summed E-state index contributed by atoms with van der Waals surface area (Å²) in [5.74, 6) is 0. The lowest BCUT2D eigenvalue weighted by atomic mass is 9.76. The van der Waals surface area contributed by atoms with Crippen LogP contribution in [0.1, 0.15) is 17.7 Å². The van der Waals surface area contributed by atoms with E-state index < -0.39 is 0 Å². The standard InChI is InChI=1S/C11H15BN/c1-3-4-5-10-6-7-11(8-12-2)13-9-10/h3,6-7,9H,1,4-5,8H2,2H3. The average molecular weight is 172 g/mol. The average Bonchev–Trinajstić information content (AvgIpc) is 2.17. The third-order valence-corrected chi connectivity index (χ3v) is 1.94. The summed E-state index contributed by atoms with van der Waals surface area (Å²) < 4.78 is 0. The second-order valence-corrected chi connectivity index (χ2v) is 3.10. The number of allylic oxidation sites excluding steroid dienone is 1. The van der Waals surface area contributed by atoms with Crippen LogP contribution < -0.4 is 0 Å². The zero-order valence-corrected chi connectivity index (χ0v) is 8.16. The highest BCUT2D eigenvalue weighted by Gasteiger charge is 1.94. The van der Waals surface area contributed by atoms with Gasteiger partial charge in [0.05, 0.1) is 0 Å². The molecule has 1 aromatic heterocycles. The lowest BCUT2D eigenvalue weighted by Crippen LogP contribution is -1.95. The van der Waals surface area contributed by atoms with Crippen molar-refractivity contribution in [2.45, 2.75) is 26.0 Å². The van der Waals surface area contributed by atoms with Crippen LogP contribution in [0, 0.1) is 0 Å². The number of hydrogen-bond donors (Lipinski definition) is 0. The Morgan fingerprint density at radius 1 is 1.54 bits per heavy atom. The van der Waals surface area contributed by atoms with Crippen LogP contribution in [0.5, 0.6) is 0 Å². The summed E-state index contributed by atoms with van der Waals surface area (Å²) in [6.07, 6.45) is 6.94. The molecule has 1 nitrogen and oxygen atoms in total. The zero-order chi connectivity index (χ0) is 9.52. The van der Waals surface area contributed by atoms with Crippen LogP contribution in [0.3, 0.4) is 0 Å². The lowest BCUT2D eigenvalue weighted by molar-refractivity contribution is 0.979. The van der Waals surface area contributed by atoms with Gasteiger partial charge in [-0.05, 0) is 30.8 Å². The van der Waals surface area contributed by atoms with Crippen molar-refractivity contribution < 1.29 is 0 Å². The van der Waals surface area contributed by atoms with E-state index in [2.05, 4.69) is 31.0 Å². The van der Waals surface area contributed by atoms with Gasteiger partial charge in [-0.25, -0.2) is 0 Å². The summed E-state index contributed by atoms with van der Waals surface area (Å²) in [4.78, 5) is 4.36. The van der Waals surface area contributed by atoms with E-state index in [-0.39, 0.29) is 0 Å². The SMILES string of the molecule is C=CCCc1ccc(C[B]C)nc1. The first-order chi connectivity index (χ1) is 6.36. The number of nitrogens with zero attached hydrogens (tertiary/aromatic N) is 1. The molecular weight excluding hydrogens is 157 g/mol. The summed E-state index contributed by atoms with van der Waals surface area (Å²) in [5.41, 5.74) is 2.43. The summed E-state index contributed by atoms with van der Waals surface area (Å²) in [6.45, 7) is 5.75. The Morgan fingerprint density at radius 2 is 2.38 bits per heavy atom. The topological polar surface area (TPSA) is 12.9 Å². The molecule has 0 saturated carbocycles. The van der Waals surface area contributed by atoms with E-state index in [4.69, 9.17) is 0 Å². The Labute approximate surface area is 81.1 Å². The molecule has 67 valence electrons. The van der Waals surface area contributed by atoms with Crippen molar-refractivity contribution >= 4 is 7.28 Å². The minimum Gasteiger partial charge on any atom is -0.262 e. The van der Waals surface area contributed by atoms with Gasteiger partial charge in [0.25, 0.3) is 0 Å². The Morgan fingerprint density at radius 3 is 2.92 bits per heavy atom. The van der Waals surface area contributed by atoms with Gasteiger partial charge in [0.1, 0.15) is 7.28 Å². The van der Waals surface area contributed by atoms with Crippen molar-refractivity contribution in [1.82, 2.24) is 4.98 Å². The van der Waals surface area contributed by atoms with Crippen molar-refractivity contribution in [1.29, 1.82) is 0 Å². The smallest absolute Gasteiger partial charge is 0.113 e. The summed E-state index contributed by atoms with van der Waals surface area (Å²) in [7, 11) is 2.12. The molecule has 0 N–H and O–H groups in total. The van der Waals surface area contributed by atoms with Gasteiger partial charge in [0.2, 0.25) is 0 Å². The molecular formula is C11H15BN. The molecule has 0 unspecified atom stereocenters. The Kier molecular flexibility index (Phi) is 4.30. The molecule has 2 heteroatoms. The van der Waals surface area contributed by atoms with Gasteiger partial charge >= 0.3 is 0 Å². The van der Waals surface area contributed by atoms with E-state index in [1.807, 2.05) is 19.1 Å². The van der Waals surface area contributed by atoms with Gasteiger partial charge in [0.15, 0.2) is 0 Å². The van der Waals surface area contributed by atoms with Crippen LogP contribution in [-0.2, 0) is 12.7 Å². The lowest BCUT2D eigenvalue weighted by Gasteiger charge is -2.00. The van der Waals surface area contributed by atoms with Crippen molar-refractivity contribution in [3.8, 4) is 0 Å². The van der Waals surface area contributed by atoms with Crippen LogP contribution in [0.25, 0.3) is 0 Å². The highest BCUT2D eigenvalue weighted by Crippen LogP contribution is 2.03. The van der Waals surface area contributed by atoms with Gasteiger partial charge in [-0.3, -0.25) is 4.98 Å². The molecule has 0 aromatic carbocycles. The molecule has 0 aliphatic rings. The zero-order valence-electron chi connectivity index (χ0n) is 8.16. The van der Waals surface area contributed by atoms with Crippen molar-refractivity contribution in [3.05, 3.63) is 42.2 Å². The number of aryl methyl sites for hydroxylation is 1. The first-order valence-corrected chi connectivity index (χ1v) is 4.69. The Bertz CT molecular complexity index is 253. The third kappa shape index (κ3) is 3.45. The number of rotatable bonds is 5. The van der Waals surface area contributed by atoms with E-state index in [1.165, 1.54) is 5.56 Å². The van der Waals surface area contributed by atoms with E-state index >= 15 is 0 Å². The molecule has 1 heterocycles. The van der Waals surface area contributed by atoms with Gasteiger partial charge in [-0.15, -0.1) is 6.58 Å². The molecule has 0 bridgehead atoms. The van der Waals surface area contributed by atoms with Crippen molar-refractivity contribution in [2.24, 2.45) is 0 Å². The quantitative estimate of drug-likeness (QED) is 0.491. The largest absolute Gasteiger partial charge is 0.262 e. The maximum absolute atomic E-state index is 4.36. The predicted molar refractivity (Wildman–Crippen MR) is 58.1 cm³/mol. The number of hydrogen-bond acceptors (Lipinski definition) is 1. The second-order valence-electron chi connectivity index (χ2n) is 3.10. The molecule has 13 heavy (non-hydrogen) atoms. The Hall–Kier alpha value is -1.05. The van der Waals surface area contributed by atoms with Crippen molar-refractivity contribution in [2.75, 3.05) is 0 Å². The van der Waals surface area contributed by atoms with Gasteiger partial charge in [0, 0.05) is 11.9 Å². The second kappa shape index (κ2) is 5.57. The maximum Gasteiger partial charge on any atom is 0.113 e. The Balaban J connectivity index is 2.53. The molecule has 0 amide bonds. The van der Waals surface area contributed by atoms with Crippen LogP contribution in [0.4, 0.5) is 0 Å². The van der Waals surface area contributed by atoms with Gasteiger partial charge < -0.3 is 0 Å². The summed E-state index contributed by atoms with van der Waals surface area (Å²) >= 11 is 0. The van der Waals surface area contributed by atoms with Crippen LogP contribution in [0.15, 0.2) is 31.0 Å². The monoisotopic (exact) mass is 172 g/mol. The number of aromatic nitrogens is 1. The minimum atomic E-state index is 0.960. The van der Waals surface area contributed by atoms with Crippen LogP contribution in [0.2, 0.25) is 6.82 Å². The molecule has 0 spiro atoms. The summed E-state index contributed by atoms with van der Waals surface area (Å²) in [5, 5.41) is 0. The van der Waals surface area contributed by atoms with Crippen LogP contribution in [-0.4, -0.2) is 12.3 Å². The highest BCUT2D eigenvalue weighted by atomic mass is 14.7. The van der Waals surface area contributed by atoms with E-state index in [1.54, 1.807) is 0 Å². The fourth-order valence-electron chi connectivity index (χ4n) is 1.20. The molecule has 0 saturated heterocycles. The first-order valence-electron chi connectivity index (χ1n) is 4.69. The fourth-order valence-corrected chi connectivity index (χ4v) is 1.20. The molecule has 0 atom stereocenters. The fraction of sp³-hybridized carbons (Fsp3) is 0.364. The van der Waals surface area contributed by atoms with Crippen LogP contribution >= 0.6 is 0 Å². The third-order valence-electron chi connectivity index (χ3n) is 1.94. The van der Waals surface area contributed by atoms with E-state index in [0.29, 0.717) is 0 Å². The highest BCUT2D eigenvalue weighted by molar-refractivity contribution is 6.32. The molecule has 1 radical (unpaired) electrons. The van der Waals surface area contributed by atoms with Crippen molar-refractivity contribution in [3.63, 3.8) is 0 Å². The summed E-state index contributed by atoms with van der Waals surface area (Å²) in [6, 6.07) is 4.24. The normalized spacial score (nSPS) is 9.62. The molecule has 0 aliphatic carbocycles. The van der Waals surface area contributed by atoms with E-state index in [9.17, 15) is 0 Å². The molecule has 0 fully saturated rings. The predicted octanol–water partition coefficient (Wildman–Crippen LogP) is 2.45. The van der Waals surface area contributed by atoms with Gasteiger partial charge in [-0.1, -0.05) is 19.0 Å². The number of pyridine rings is 1. The maximum atomic E-state index is 4.36. The molecule has 0 aliphatic heterocycles.